The summed E-state index contributed by atoms with van der Waals surface area (Å²) in [6.45, 7) is 2.93. The standard InChI is InChI=1S/C16H19ClN2S/c1-11(18)12-4-7-16(15(17)9-12)19(13-5-6-13)10-14-3-2-8-20-14/h2-4,7-9,11,13H,5-6,10,18H2,1H3/t11-/m0/s1. The van der Waals surface area contributed by atoms with Gasteiger partial charge in [-0.3, -0.25) is 0 Å². The van der Waals surface area contributed by atoms with E-state index in [1.165, 1.54) is 17.7 Å². The number of halogens is 1. The Morgan fingerprint density at radius 3 is 2.75 bits per heavy atom. The second-order valence-electron chi connectivity index (χ2n) is 5.44. The van der Waals surface area contributed by atoms with Gasteiger partial charge in [-0.25, -0.2) is 0 Å². The van der Waals surface area contributed by atoms with Gasteiger partial charge in [0.25, 0.3) is 0 Å². The molecule has 1 fully saturated rings. The van der Waals surface area contributed by atoms with Crippen molar-refractivity contribution in [1.29, 1.82) is 0 Å². The van der Waals surface area contributed by atoms with Crippen LogP contribution in [0, 0.1) is 0 Å². The predicted octanol–water partition coefficient (Wildman–Crippen LogP) is 4.59. The second-order valence-corrected chi connectivity index (χ2v) is 6.88. The predicted molar refractivity (Wildman–Crippen MR) is 87.6 cm³/mol. The molecule has 0 unspecified atom stereocenters. The molecule has 1 atom stereocenters. The number of anilines is 1. The number of nitrogens with zero attached hydrogens (tertiary/aromatic N) is 1. The average molecular weight is 307 g/mol. The van der Waals surface area contributed by atoms with Crippen LogP contribution in [0.5, 0.6) is 0 Å². The third-order valence-electron chi connectivity index (χ3n) is 3.70. The van der Waals surface area contributed by atoms with Gasteiger partial charge in [-0.2, -0.15) is 0 Å². The zero-order valence-electron chi connectivity index (χ0n) is 11.6. The molecule has 1 heterocycles. The van der Waals surface area contributed by atoms with Crippen molar-refractivity contribution in [1.82, 2.24) is 0 Å². The van der Waals surface area contributed by atoms with E-state index in [-0.39, 0.29) is 6.04 Å². The van der Waals surface area contributed by atoms with Gasteiger partial charge in [-0.05, 0) is 48.9 Å². The van der Waals surface area contributed by atoms with Crippen LogP contribution in [0.3, 0.4) is 0 Å². The van der Waals surface area contributed by atoms with Crippen LogP contribution >= 0.6 is 22.9 Å². The van der Waals surface area contributed by atoms with Crippen molar-refractivity contribution >= 4 is 28.6 Å². The molecule has 1 aliphatic rings. The maximum atomic E-state index is 6.49. The highest BCUT2D eigenvalue weighted by Gasteiger charge is 2.30. The number of hydrogen-bond donors (Lipinski definition) is 1. The maximum absolute atomic E-state index is 6.49. The van der Waals surface area contributed by atoms with Gasteiger partial charge in [-0.1, -0.05) is 23.7 Å². The molecule has 20 heavy (non-hydrogen) atoms. The molecule has 0 aliphatic heterocycles. The molecule has 1 aromatic heterocycles. The topological polar surface area (TPSA) is 29.3 Å². The molecular formula is C16H19ClN2S. The number of benzene rings is 1. The Balaban J connectivity index is 1.87. The van der Waals surface area contributed by atoms with Crippen molar-refractivity contribution in [3.05, 3.63) is 51.2 Å². The first-order valence-corrected chi connectivity index (χ1v) is 8.25. The van der Waals surface area contributed by atoms with E-state index in [1.54, 1.807) is 11.3 Å². The Bertz CT molecular complexity index is 576. The van der Waals surface area contributed by atoms with Crippen LogP contribution in [0.25, 0.3) is 0 Å². The molecule has 2 aromatic rings. The summed E-state index contributed by atoms with van der Waals surface area (Å²) >= 11 is 8.29. The van der Waals surface area contributed by atoms with Crippen LogP contribution in [0.1, 0.15) is 36.2 Å². The highest BCUT2D eigenvalue weighted by Crippen LogP contribution is 2.38. The monoisotopic (exact) mass is 306 g/mol. The first-order valence-electron chi connectivity index (χ1n) is 6.99. The molecule has 3 rings (SSSR count). The Labute approximate surface area is 129 Å². The van der Waals surface area contributed by atoms with E-state index in [1.807, 2.05) is 13.0 Å². The number of nitrogens with two attached hydrogens (primary N) is 1. The minimum Gasteiger partial charge on any atom is -0.362 e. The summed E-state index contributed by atoms with van der Waals surface area (Å²) < 4.78 is 0. The SMILES string of the molecule is C[C@H](N)c1ccc(N(Cc2cccs2)C2CC2)c(Cl)c1. The van der Waals surface area contributed by atoms with Crippen molar-refractivity contribution < 1.29 is 0 Å². The van der Waals surface area contributed by atoms with Crippen LogP contribution in [-0.2, 0) is 6.54 Å². The first-order chi connectivity index (χ1) is 9.65. The summed E-state index contributed by atoms with van der Waals surface area (Å²) in [5.74, 6) is 0. The molecule has 2 N–H and O–H groups in total. The summed E-state index contributed by atoms with van der Waals surface area (Å²) in [5.41, 5.74) is 8.14. The third kappa shape index (κ3) is 3.00. The Morgan fingerprint density at radius 1 is 1.40 bits per heavy atom. The van der Waals surface area contributed by atoms with Crippen molar-refractivity contribution in [3.8, 4) is 0 Å². The Morgan fingerprint density at radius 2 is 2.20 bits per heavy atom. The van der Waals surface area contributed by atoms with E-state index < -0.39 is 0 Å². The molecule has 106 valence electrons. The maximum Gasteiger partial charge on any atom is 0.0643 e. The zero-order chi connectivity index (χ0) is 14.1. The van der Waals surface area contributed by atoms with Gasteiger partial charge in [0.2, 0.25) is 0 Å². The Kier molecular flexibility index (Phi) is 4.01. The average Bonchev–Trinajstić information content (AvgIpc) is 3.14. The van der Waals surface area contributed by atoms with Gasteiger partial charge in [0.1, 0.15) is 0 Å². The number of thiophene rings is 1. The molecule has 0 radical (unpaired) electrons. The van der Waals surface area contributed by atoms with Gasteiger partial charge in [0.15, 0.2) is 0 Å². The fraction of sp³-hybridized carbons (Fsp3) is 0.375. The van der Waals surface area contributed by atoms with Gasteiger partial charge in [0, 0.05) is 17.0 Å². The largest absolute Gasteiger partial charge is 0.362 e. The molecule has 0 spiro atoms. The molecule has 0 amide bonds. The summed E-state index contributed by atoms with van der Waals surface area (Å²) in [5, 5.41) is 2.93. The molecule has 2 nitrogen and oxygen atoms in total. The van der Waals surface area contributed by atoms with Crippen LogP contribution in [0.15, 0.2) is 35.7 Å². The molecular weight excluding hydrogens is 288 g/mol. The fourth-order valence-electron chi connectivity index (χ4n) is 2.41. The molecule has 1 aliphatic carbocycles. The van der Waals surface area contributed by atoms with E-state index in [9.17, 15) is 0 Å². The number of rotatable bonds is 5. The number of hydrogen-bond acceptors (Lipinski definition) is 3. The van der Waals surface area contributed by atoms with Gasteiger partial charge < -0.3 is 10.6 Å². The van der Waals surface area contributed by atoms with Gasteiger partial charge >= 0.3 is 0 Å². The lowest BCUT2D eigenvalue weighted by Gasteiger charge is -2.26. The summed E-state index contributed by atoms with van der Waals surface area (Å²) in [6, 6.07) is 11.2. The second kappa shape index (κ2) is 5.76. The summed E-state index contributed by atoms with van der Waals surface area (Å²) in [7, 11) is 0. The quantitative estimate of drug-likeness (QED) is 0.875. The van der Waals surface area contributed by atoms with Crippen molar-refractivity contribution in [2.24, 2.45) is 5.73 Å². The lowest BCUT2D eigenvalue weighted by atomic mass is 10.1. The third-order valence-corrected chi connectivity index (χ3v) is 4.86. The first kappa shape index (κ1) is 13.9. The molecule has 0 saturated heterocycles. The fourth-order valence-corrected chi connectivity index (χ4v) is 3.41. The zero-order valence-corrected chi connectivity index (χ0v) is 13.1. The lowest BCUT2D eigenvalue weighted by Crippen LogP contribution is -2.25. The van der Waals surface area contributed by atoms with Crippen LogP contribution in [0.2, 0.25) is 5.02 Å². The van der Waals surface area contributed by atoms with E-state index >= 15 is 0 Å². The van der Waals surface area contributed by atoms with E-state index in [0.29, 0.717) is 6.04 Å². The summed E-state index contributed by atoms with van der Waals surface area (Å²) in [4.78, 5) is 3.81. The molecule has 1 aromatic carbocycles. The van der Waals surface area contributed by atoms with E-state index in [0.717, 1.165) is 22.8 Å². The normalized spacial score (nSPS) is 16.1. The molecule has 4 heteroatoms. The van der Waals surface area contributed by atoms with Crippen molar-refractivity contribution in [2.45, 2.75) is 38.4 Å². The van der Waals surface area contributed by atoms with E-state index in [2.05, 4.69) is 34.5 Å². The van der Waals surface area contributed by atoms with Crippen molar-refractivity contribution in [2.75, 3.05) is 4.90 Å². The van der Waals surface area contributed by atoms with Crippen LogP contribution in [0.4, 0.5) is 5.69 Å². The van der Waals surface area contributed by atoms with E-state index in [4.69, 9.17) is 17.3 Å². The summed E-state index contributed by atoms with van der Waals surface area (Å²) in [6.07, 6.45) is 2.52. The Hall–Kier alpha value is -1.03. The van der Waals surface area contributed by atoms with Crippen molar-refractivity contribution in [3.63, 3.8) is 0 Å². The van der Waals surface area contributed by atoms with Gasteiger partial charge in [0.05, 0.1) is 17.3 Å². The van der Waals surface area contributed by atoms with Gasteiger partial charge in [-0.15, -0.1) is 11.3 Å². The molecule has 1 saturated carbocycles. The lowest BCUT2D eigenvalue weighted by molar-refractivity contribution is 0.796. The van der Waals surface area contributed by atoms with Crippen LogP contribution in [-0.4, -0.2) is 6.04 Å². The smallest absolute Gasteiger partial charge is 0.0643 e. The highest BCUT2D eigenvalue weighted by molar-refractivity contribution is 7.09. The minimum atomic E-state index is 0.0215. The highest BCUT2D eigenvalue weighted by atomic mass is 35.5. The van der Waals surface area contributed by atoms with Crippen LogP contribution < -0.4 is 10.6 Å². The minimum absolute atomic E-state index is 0.0215. The molecule has 0 bridgehead atoms.